The first kappa shape index (κ1) is 8.89. The number of anilines is 2. The Balaban J connectivity index is 1.84. The number of rotatable bonds is 2. The van der Waals surface area contributed by atoms with Gasteiger partial charge in [0, 0.05) is 30.3 Å². The number of ether oxygens (including phenoxy) is 1. The van der Waals surface area contributed by atoms with Crippen molar-refractivity contribution in [1.82, 2.24) is 0 Å². The summed E-state index contributed by atoms with van der Waals surface area (Å²) in [6.07, 6.45) is 2.81. The minimum atomic E-state index is 0.673. The summed E-state index contributed by atoms with van der Waals surface area (Å²) in [5.74, 6) is 0.894. The second-order valence-electron chi connectivity index (χ2n) is 4.79. The number of methoxy groups -OCH3 is 1. The summed E-state index contributed by atoms with van der Waals surface area (Å²) in [4.78, 5) is 2.38. The van der Waals surface area contributed by atoms with Gasteiger partial charge in [-0.1, -0.05) is 0 Å². The normalized spacial score (nSPS) is 21.3. The van der Waals surface area contributed by atoms with E-state index in [1.165, 1.54) is 31.6 Å². The molecule has 1 heterocycles. The summed E-state index contributed by atoms with van der Waals surface area (Å²) in [5, 5.41) is 0. The Morgan fingerprint density at radius 1 is 1.33 bits per heavy atom. The smallest absolute Gasteiger partial charge is 0.144 e. The largest absolute Gasteiger partial charge is 0.495 e. The molecule has 15 heavy (non-hydrogen) atoms. The van der Waals surface area contributed by atoms with Crippen molar-refractivity contribution in [1.29, 1.82) is 0 Å². The Hall–Kier alpha value is -1.38. The van der Waals surface area contributed by atoms with Gasteiger partial charge in [0.05, 0.1) is 12.8 Å². The first-order valence-corrected chi connectivity index (χ1v) is 5.41. The van der Waals surface area contributed by atoms with Crippen LogP contribution in [0.4, 0.5) is 11.4 Å². The van der Waals surface area contributed by atoms with Gasteiger partial charge in [-0.2, -0.15) is 0 Å². The van der Waals surface area contributed by atoms with Crippen molar-refractivity contribution in [3.63, 3.8) is 0 Å². The van der Waals surface area contributed by atoms with Crippen molar-refractivity contribution >= 4 is 11.4 Å². The van der Waals surface area contributed by atoms with Gasteiger partial charge in [-0.15, -0.1) is 0 Å². The lowest BCUT2D eigenvalue weighted by molar-refractivity contribution is 0.372. The molecule has 2 aliphatic rings. The molecule has 80 valence electrons. The van der Waals surface area contributed by atoms with E-state index in [0.29, 0.717) is 5.41 Å². The Kier molecular flexibility index (Phi) is 1.67. The molecule has 1 aliphatic carbocycles. The fraction of sp³-hybridized carbons (Fsp3) is 0.500. The summed E-state index contributed by atoms with van der Waals surface area (Å²) >= 11 is 0. The zero-order chi connectivity index (χ0) is 10.5. The molecular formula is C12H16N2O. The summed E-state index contributed by atoms with van der Waals surface area (Å²) in [7, 11) is 1.70. The van der Waals surface area contributed by atoms with E-state index in [4.69, 9.17) is 10.5 Å². The van der Waals surface area contributed by atoms with Gasteiger partial charge in [0.2, 0.25) is 0 Å². The Bertz CT molecular complexity index is 391. The van der Waals surface area contributed by atoms with Crippen LogP contribution in [0, 0.1) is 5.41 Å². The third-order valence-corrected chi connectivity index (χ3v) is 3.55. The van der Waals surface area contributed by atoms with Gasteiger partial charge in [-0.3, -0.25) is 0 Å². The molecule has 1 saturated heterocycles. The van der Waals surface area contributed by atoms with Crippen molar-refractivity contribution in [3.8, 4) is 5.75 Å². The van der Waals surface area contributed by atoms with Crippen molar-refractivity contribution in [2.45, 2.75) is 12.8 Å². The molecule has 1 aromatic rings. The highest BCUT2D eigenvalue weighted by atomic mass is 16.5. The van der Waals surface area contributed by atoms with Gasteiger partial charge in [0.25, 0.3) is 0 Å². The molecule has 1 aliphatic heterocycles. The minimum Gasteiger partial charge on any atom is -0.495 e. The molecule has 3 heteroatoms. The van der Waals surface area contributed by atoms with Crippen LogP contribution in [0.25, 0.3) is 0 Å². The molecule has 0 atom stereocenters. The molecule has 1 aromatic carbocycles. The van der Waals surface area contributed by atoms with Crippen molar-refractivity contribution in [3.05, 3.63) is 18.2 Å². The van der Waals surface area contributed by atoms with Crippen LogP contribution >= 0.6 is 0 Å². The van der Waals surface area contributed by atoms with Gasteiger partial charge in [0.1, 0.15) is 5.75 Å². The Labute approximate surface area is 89.8 Å². The van der Waals surface area contributed by atoms with Crippen LogP contribution in [0.1, 0.15) is 12.8 Å². The lowest BCUT2D eigenvalue weighted by Gasteiger charge is -2.42. The van der Waals surface area contributed by atoms with E-state index in [9.17, 15) is 0 Å². The quantitative estimate of drug-likeness (QED) is 0.747. The maximum atomic E-state index is 5.73. The lowest BCUT2D eigenvalue weighted by atomic mass is 9.96. The second kappa shape index (κ2) is 2.81. The molecule has 0 amide bonds. The molecule has 2 N–H and O–H groups in total. The van der Waals surface area contributed by atoms with E-state index in [0.717, 1.165) is 11.4 Å². The second-order valence-corrected chi connectivity index (χ2v) is 4.79. The highest BCUT2D eigenvalue weighted by Crippen LogP contribution is 2.54. The summed E-state index contributed by atoms with van der Waals surface area (Å²) in [6.45, 7) is 2.38. The number of hydrogen-bond donors (Lipinski definition) is 1. The van der Waals surface area contributed by atoms with Crippen LogP contribution in [0.2, 0.25) is 0 Å². The van der Waals surface area contributed by atoms with Crippen LogP contribution in [-0.2, 0) is 0 Å². The monoisotopic (exact) mass is 204 g/mol. The first-order chi connectivity index (χ1) is 7.22. The summed E-state index contributed by atoms with van der Waals surface area (Å²) in [5.41, 5.74) is 8.35. The van der Waals surface area contributed by atoms with Crippen LogP contribution in [0.3, 0.4) is 0 Å². The first-order valence-electron chi connectivity index (χ1n) is 5.41. The molecule has 0 aromatic heterocycles. The fourth-order valence-corrected chi connectivity index (χ4v) is 2.38. The van der Waals surface area contributed by atoms with Crippen molar-refractivity contribution in [2.75, 3.05) is 30.8 Å². The van der Waals surface area contributed by atoms with Crippen LogP contribution in [-0.4, -0.2) is 20.2 Å². The highest BCUT2D eigenvalue weighted by molar-refractivity contribution is 5.65. The average Bonchev–Trinajstić information content (AvgIpc) is 2.95. The highest BCUT2D eigenvalue weighted by Gasteiger charge is 2.52. The topological polar surface area (TPSA) is 38.5 Å². The van der Waals surface area contributed by atoms with Gasteiger partial charge in [0.15, 0.2) is 0 Å². The Morgan fingerprint density at radius 3 is 2.67 bits per heavy atom. The maximum Gasteiger partial charge on any atom is 0.144 e. The zero-order valence-corrected chi connectivity index (χ0v) is 8.99. The maximum absolute atomic E-state index is 5.73. The Morgan fingerprint density at radius 2 is 2.07 bits per heavy atom. The van der Waals surface area contributed by atoms with Gasteiger partial charge in [-0.05, 0) is 25.0 Å². The van der Waals surface area contributed by atoms with Crippen LogP contribution in [0.5, 0.6) is 5.75 Å². The van der Waals surface area contributed by atoms with Gasteiger partial charge < -0.3 is 15.4 Å². The van der Waals surface area contributed by atoms with Crippen molar-refractivity contribution in [2.24, 2.45) is 5.41 Å². The number of benzene rings is 1. The van der Waals surface area contributed by atoms with Gasteiger partial charge in [-0.25, -0.2) is 0 Å². The molecular weight excluding hydrogens is 188 g/mol. The predicted molar refractivity (Wildman–Crippen MR) is 61.3 cm³/mol. The number of nitrogen functional groups attached to an aromatic ring is 1. The molecule has 1 spiro atoms. The molecule has 0 radical (unpaired) electrons. The summed E-state index contributed by atoms with van der Waals surface area (Å²) in [6, 6.07) is 5.90. The van der Waals surface area contributed by atoms with E-state index in [-0.39, 0.29) is 0 Å². The van der Waals surface area contributed by atoms with E-state index < -0.39 is 0 Å². The fourth-order valence-electron chi connectivity index (χ4n) is 2.38. The van der Waals surface area contributed by atoms with E-state index in [1.54, 1.807) is 7.11 Å². The molecule has 0 unspecified atom stereocenters. The third-order valence-electron chi connectivity index (χ3n) is 3.55. The zero-order valence-electron chi connectivity index (χ0n) is 8.99. The molecule has 1 saturated carbocycles. The molecule has 3 nitrogen and oxygen atoms in total. The minimum absolute atomic E-state index is 0.673. The van der Waals surface area contributed by atoms with Crippen LogP contribution in [0.15, 0.2) is 18.2 Å². The van der Waals surface area contributed by atoms with Gasteiger partial charge >= 0.3 is 0 Å². The summed E-state index contributed by atoms with van der Waals surface area (Å²) < 4.78 is 5.35. The van der Waals surface area contributed by atoms with E-state index in [2.05, 4.69) is 11.0 Å². The van der Waals surface area contributed by atoms with E-state index in [1.807, 2.05) is 12.1 Å². The average molecular weight is 204 g/mol. The number of nitrogens with zero attached hydrogens (tertiary/aromatic N) is 1. The van der Waals surface area contributed by atoms with Crippen LogP contribution < -0.4 is 15.4 Å². The molecule has 0 bridgehead atoms. The molecule has 2 fully saturated rings. The van der Waals surface area contributed by atoms with E-state index >= 15 is 0 Å². The van der Waals surface area contributed by atoms with Crippen molar-refractivity contribution < 1.29 is 4.74 Å². The molecule has 3 rings (SSSR count). The lowest BCUT2D eigenvalue weighted by Crippen LogP contribution is -2.48. The SMILES string of the molecule is COc1cc(N)ccc1N1CC2(CC2)C1. The number of nitrogens with two attached hydrogens (primary N) is 1. The third kappa shape index (κ3) is 1.34. The number of hydrogen-bond acceptors (Lipinski definition) is 3. The standard InChI is InChI=1S/C12H16N2O/c1-15-11-6-9(13)2-3-10(11)14-7-12(8-14)4-5-12/h2-3,6H,4-5,7-8,13H2,1H3. The predicted octanol–water partition coefficient (Wildman–Crippen LogP) is 1.88.